The van der Waals surface area contributed by atoms with Gasteiger partial charge in [-0.15, -0.1) is 0 Å². The topological polar surface area (TPSA) is 35.5 Å². The van der Waals surface area contributed by atoms with Crippen LogP contribution in [0, 0.1) is 0 Å². The Bertz CT molecular complexity index is 872. The molecule has 1 aliphatic heterocycles. The summed E-state index contributed by atoms with van der Waals surface area (Å²) in [6.07, 6.45) is 1.02. The second-order valence-electron chi connectivity index (χ2n) is 6.78. The third-order valence-corrected chi connectivity index (χ3v) is 4.99. The Kier molecular flexibility index (Phi) is 5.03. The van der Waals surface area contributed by atoms with Crippen LogP contribution in [0.15, 0.2) is 72.8 Å². The quantitative estimate of drug-likeness (QED) is 0.561. The summed E-state index contributed by atoms with van der Waals surface area (Å²) in [6, 6.07) is 24.9. The summed E-state index contributed by atoms with van der Waals surface area (Å²) in [5.74, 6) is -0.122. The molecule has 0 amide bonds. The number of hydrogen-bond acceptors (Lipinski definition) is 3. The number of benzene rings is 3. The lowest BCUT2D eigenvalue weighted by Crippen LogP contribution is -2.03. The lowest BCUT2D eigenvalue weighted by molar-refractivity contribution is -0.141. The van der Waals surface area contributed by atoms with Crippen molar-refractivity contribution >= 4 is 5.97 Å². The molecule has 3 heteroatoms. The van der Waals surface area contributed by atoms with Crippen molar-refractivity contribution < 1.29 is 14.3 Å². The summed E-state index contributed by atoms with van der Waals surface area (Å²) in [7, 11) is 1.72. The van der Waals surface area contributed by atoms with E-state index < -0.39 is 0 Å². The van der Waals surface area contributed by atoms with Gasteiger partial charge in [0, 0.05) is 13.5 Å². The van der Waals surface area contributed by atoms with E-state index in [2.05, 4.69) is 36.4 Å². The highest BCUT2D eigenvalue weighted by Crippen LogP contribution is 2.39. The fraction of sp³-hybridized carbons (Fsp3) is 0.208. The zero-order chi connectivity index (χ0) is 18.6. The molecule has 3 aromatic rings. The minimum absolute atomic E-state index is 0.122. The maximum atomic E-state index is 11.7. The molecular weight excluding hydrogens is 336 g/mol. The molecule has 0 spiro atoms. The van der Waals surface area contributed by atoms with E-state index in [0.717, 1.165) is 39.8 Å². The Labute approximate surface area is 159 Å². The van der Waals surface area contributed by atoms with Crippen molar-refractivity contribution in [3.8, 4) is 22.3 Å². The van der Waals surface area contributed by atoms with Gasteiger partial charge in [-0.3, -0.25) is 4.79 Å². The average Bonchev–Trinajstić information content (AvgIpc) is 3.16. The minimum Gasteiger partial charge on any atom is -0.457 e. The molecule has 136 valence electrons. The number of esters is 1. The number of ether oxygens (including phenoxy) is 2. The maximum Gasteiger partial charge on any atom is 0.306 e. The van der Waals surface area contributed by atoms with Crippen molar-refractivity contribution in [2.24, 2.45) is 0 Å². The maximum absolute atomic E-state index is 11.7. The molecule has 1 unspecified atom stereocenters. The van der Waals surface area contributed by atoms with Crippen LogP contribution in [0.1, 0.15) is 30.1 Å². The fourth-order valence-corrected chi connectivity index (χ4v) is 3.69. The Hall–Kier alpha value is -2.91. The monoisotopic (exact) mass is 358 g/mol. The van der Waals surface area contributed by atoms with Crippen LogP contribution in [-0.4, -0.2) is 13.1 Å². The van der Waals surface area contributed by atoms with Crippen molar-refractivity contribution in [2.75, 3.05) is 7.11 Å². The van der Waals surface area contributed by atoms with E-state index in [1.807, 2.05) is 36.4 Å². The molecule has 0 aromatic heterocycles. The van der Waals surface area contributed by atoms with Crippen LogP contribution in [0.3, 0.4) is 0 Å². The molecule has 0 saturated carbocycles. The molecule has 27 heavy (non-hydrogen) atoms. The van der Waals surface area contributed by atoms with Gasteiger partial charge in [-0.2, -0.15) is 0 Å². The van der Waals surface area contributed by atoms with E-state index in [9.17, 15) is 4.79 Å². The van der Waals surface area contributed by atoms with E-state index >= 15 is 0 Å². The number of carbonyl (C=O) groups excluding carboxylic acids is 1. The minimum atomic E-state index is -0.181. The van der Waals surface area contributed by atoms with E-state index in [4.69, 9.17) is 9.47 Å². The summed E-state index contributed by atoms with van der Waals surface area (Å²) in [5.41, 5.74) is 6.69. The fourth-order valence-electron chi connectivity index (χ4n) is 3.69. The van der Waals surface area contributed by atoms with Crippen LogP contribution in [-0.2, 0) is 20.9 Å². The zero-order valence-corrected chi connectivity index (χ0v) is 15.4. The van der Waals surface area contributed by atoms with Crippen LogP contribution in [0.4, 0.5) is 0 Å². The van der Waals surface area contributed by atoms with Crippen molar-refractivity contribution in [2.45, 2.75) is 25.6 Å². The zero-order valence-electron chi connectivity index (χ0n) is 15.4. The van der Waals surface area contributed by atoms with Gasteiger partial charge >= 0.3 is 5.97 Å². The number of carbonyl (C=O) groups is 1. The summed E-state index contributed by atoms with van der Waals surface area (Å²) in [6.45, 7) is 0.513. The third-order valence-electron chi connectivity index (χ3n) is 4.99. The summed E-state index contributed by atoms with van der Waals surface area (Å²) in [5, 5.41) is 0. The van der Waals surface area contributed by atoms with Gasteiger partial charge in [-0.05, 0) is 51.9 Å². The van der Waals surface area contributed by atoms with Crippen molar-refractivity contribution in [3.05, 3.63) is 83.9 Å². The Morgan fingerprint density at radius 2 is 1.48 bits per heavy atom. The summed E-state index contributed by atoms with van der Waals surface area (Å²) >= 11 is 0. The second kappa shape index (κ2) is 7.77. The predicted molar refractivity (Wildman–Crippen MR) is 106 cm³/mol. The first kappa shape index (κ1) is 17.5. The van der Waals surface area contributed by atoms with Crippen LogP contribution in [0.2, 0.25) is 0 Å². The van der Waals surface area contributed by atoms with Crippen molar-refractivity contribution in [1.82, 2.24) is 0 Å². The molecule has 1 saturated heterocycles. The number of cyclic esters (lactones) is 1. The first-order valence-corrected chi connectivity index (χ1v) is 9.22. The highest BCUT2D eigenvalue weighted by atomic mass is 16.5. The highest BCUT2D eigenvalue weighted by molar-refractivity contribution is 5.80. The van der Waals surface area contributed by atoms with Crippen molar-refractivity contribution in [1.29, 1.82) is 0 Å². The van der Waals surface area contributed by atoms with Crippen LogP contribution in [0.5, 0.6) is 0 Å². The lowest BCUT2D eigenvalue weighted by atomic mass is 9.88. The molecule has 3 nitrogen and oxygen atoms in total. The average molecular weight is 358 g/mol. The number of methoxy groups -OCH3 is 1. The lowest BCUT2D eigenvalue weighted by Gasteiger charge is -2.20. The Morgan fingerprint density at radius 3 is 1.93 bits per heavy atom. The molecule has 1 aliphatic rings. The van der Waals surface area contributed by atoms with Gasteiger partial charge in [0.1, 0.15) is 6.10 Å². The van der Waals surface area contributed by atoms with Crippen LogP contribution >= 0.6 is 0 Å². The second-order valence-corrected chi connectivity index (χ2v) is 6.78. The normalized spacial score (nSPS) is 16.3. The molecular formula is C24H22O3. The summed E-state index contributed by atoms with van der Waals surface area (Å²) in [4.78, 5) is 11.7. The van der Waals surface area contributed by atoms with Gasteiger partial charge in [0.2, 0.25) is 0 Å². The molecule has 3 aromatic carbocycles. The van der Waals surface area contributed by atoms with Gasteiger partial charge in [-0.25, -0.2) is 0 Å². The number of hydrogen-bond donors (Lipinski definition) is 0. The van der Waals surface area contributed by atoms with Gasteiger partial charge < -0.3 is 9.47 Å². The molecule has 0 aliphatic carbocycles. The molecule has 1 heterocycles. The first-order valence-electron chi connectivity index (χ1n) is 9.22. The van der Waals surface area contributed by atoms with Crippen LogP contribution in [0.25, 0.3) is 22.3 Å². The largest absolute Gasteiger partial charge is 0.457 e. The predicted octanol–water partition coefficient (Wildman–Crippen LogP) is 5.55. The molecule has 0 bridgehead atoms. The van der Waals surface area contributed by atoms with E-state index in [1.165, 1.54) is 0 Å². The third kappa shape index (κ3) is 3.64. The molecule has 0 radical (unpaired) electrons. The molecule has 4 rings (SSSR count). The standard InChI is InChI=1S/C24H22O3/c1-26-16-22-20(17-8-4-2-5-9-17)14-19(23-12-13-24(25)27-23)15-21(22)18-10-6-3-7-11-18/h2-11,14-15,23H,12-13,16H2,1H3. The van der Waals surface area contributed by atoms with E-state index in [0.29, 0.717) is 13.0 Å². The van der Waals surface area contributed by atoms with E-state index in [-0.39, 0.29) is 12.1 Å². The van der Waals surface area contributed by atoms with Crippen molar-refractivity contribution in [3.63, 3.8) is 0 Å². The van der Waals surface area contributed by atoms with Gasteiger partial charge in [0.25, 0.3) is 0 Å². The van der Waals surface area contributed by atoms with Gasteiger partial charge in [0.15, 0.2) is 0 Å². The first-order chi connectivity index (χ1) is 13.3. The SMILES string of the molecule is COCc1c(-c2ccccc2)cc(C2CCC(=O)O2)cc1-c1ccccc1. The Balaban J connectivity index is 1.94. The smallest absolute Gasteiger partial charge is 0.306 e. The Morgan fingerprint density at radius 1 is 0.926 bits per heavy atom. The highest BCUT2D eigenvalue weighted by Gasteiger charge is 2.27. The number of rotatable bonds is 5. The van der Waals surface area contributed by atoms with Gasteiger partial charge in [0.05, 0.1) is 6.61 Å². The molecule has 0 N–H and O–H groups in total. The van der Waals surface area contributed by atoms with Crippen LogP contribution < -0.4 is 0 Å². The molecule has 1 fully saturated rings. The van der Waals surface area contributed by atoms with Gasteiger partial charge in [-0.1, -0.05) is 60.7 Å². The van der Waals surface area contributed by atoms with E-state index in [1.54, 1.807) is 7.11 Å². The summed E-state index contributed by atoms with van der Waals surface area (Å²) < 4.78 is 11.1. The molecule has 1 atom stereocenters.